The molecule has 1 saturated carbocycles. The molecule has 1 fully saturated rings. The highest BCUT2D eigenvalue weighted by Gasteiger charge is 2.29. The van der Waals surface area contributed by atoms with Crippen molar-refractivity contribution in [3.05, 3.63) is 28.2 Å². The zero-order valence-corrected chi connectivity index (χ0v) is 15.8. The maximum absolute atomic E-state index is 12.9. The minimum absolute atomic E-state index is 0.0236. The van der Waals surface area contributed by atoms with Crippen LogP contribution in [0.15, 0.2) is 18.2 Å². The third-order valence-electron chi connectivity index (χ3n) is 4.22. The second kappa shape index (κ2) is 7.75. The van der Waals surface area contributed by atoms with Gasteiger partial charge in [0.1, 0.15) is 0 Å². The minimum Gasteiger partial charge on any atom is -0.462 e. The third-order valence-corrected chi connectivity index (χ3v) is 4.77. The number of nitrogens with zero attached hydrogens (tertiary/aromatic N) is 3. The largest absolute Gasteiger partial charge is 0.462 e. The summed E-state index contributed by atoms with van der Waals surface area (Å²) in [5.41, 5.74) is 0.615. The van der Waals surface area contributed by atoms with Gasteiger partial charge in [-0.15, -0.1) is 5.10 Å². The van der Waals surface area contributed by atoms with E-state index in [1.54, 1.807) is 18.2 Å². The highest BCUT2D eigenvalue weighted by molar-refractivity contribution is 6.36. The van der Waals surface area contributed by atoms with E-state index >= 15 is 0 Å². The second-order valence-electron chi connectivity index (χ2n) is 6.78. The molecule has 2 aromatic rings. The lowest BCUT2D eigenvalue weighted by Gasteiger charge is -2.10. The average Bonchev–Trinajstić information content (AvgIpc) is 3.22. The number of benzene rings is 1. The fourth-order valence-corrected chi connectivity index (χ4v) is 3.43. The van der Waals surface area contributed by atoms with Crippen molar-refractivity contribution in [2.45, 2.75) is 39.5 Å². The predicted octanol–water partition coefficient (Wildman–Crippen LogP) is 5.12. The standard InChI is InChI=1S/C18H21Cl2N3O2/c1-11(2)10-25-18-21-16(14-8-7-13(19)9-15(14)20)23(22-18)17(24)12-5-3-4-6-12/h7-9,11-12H,3-6,10H2,1-2H3. The summed E-state index contributed by atoms with van der Waals surface area (Å²) in [6, 6.07) is 5.29. The van der Waals surface area contributed by atoms with Crippen molar-refractivity contribution in [2.75, 3.05) is 6.61 Å². The number of carbonyl (C=O) groups is 1. The fourth-order valence-electron chi connectivity index (χ4n) is 2.94. The van der Waals surface area contributed by atoms with Gasteiger partial charge >= 0.3 is 6.01 Å². The molecule has 0 radical (unpaired) electrons. The van der Waals surface area contributed by atoms with Crippen molar-refractivity contribution in [1.82, 2.24) is 14.8 Å². The molecule has 1 aromatic carbocycles. The fraction of sp³-hybridized carbons (Fsp3) is 0.500. The van der Waals surface area contributed by atoms with Crippen molar-refractivity contribution >= 4 is 29.1 Å². The molecular weight excluding hydrogens is 361 g/mol. The van der Waals surface area contributed by atoms with Crippen LogP contribution in [0, 0.1) is 11.8 Å². The Morgan fingerprint density at radius 1 is 1.32 bits per heavy atom. The minimum atomic E-state index is -0.0505. The Morgan fingerprint density at radius 3 is 2.68 bits per heavy atom. The molecule has 1 aliphatic carbocycles. The SMILES string of the molecule is CC(C)COc1nc(-c2ccc(Cl)cc2Cl)n(C(=O)C2CCCC2)n1. The molecule has 0 spiro atoms. The van der Waals surface area contributed by atoms with Crippen LogP contribution in [0.25, 0.3) is 11.4 Å². The van der Waals surface area contributed by atoms with Gasteiger partial charge in [0.25, 0.3) is 5.91 Å². The number of aromatic nitrogens is 3. The van der Waals surface area contributed by atoms with Crippen LogP contribution in [0.5, 0.6) is 6.01 Å². The van der Waals surface area contributed by atoms with Gasteiger partial charge in [-0.2, -0.15) is 9.67 Å². The molecule has 7 heteroatoms. The molecule has 0 bridgehead atoms. The van der Waals surface area contributed by atoms with Crippen LogP contribution in [0.3, 0.4) is 0 Å². The molecule has 0 amide bonds. The molecule has 0 aliphatic heterocycles. The maximum atomic E-state index is 12.9. The molecule has 1 heterocycles. The summed E-state index contributed by atoms with van der Waals surface area (Å²) in [7, 11) is 0. The van der Waals surface area contributed by atoms with Gasteiger partial charge in [0, 0.05) is 16.5 Å². The molecule has 5 nitrogen and oxygen atoms in total. The number of hydrogen-bond acceptors (Lipinski definition) is 4. The molecule has 0 unspecified atom stereocenters. The molecule has 134 valence electrons. The van der Waals surface area contributed by atoms with Gasteiger partial charge in [0.05, 0.1) is 11.6 Å². The molecule has 0 atom stereocenters. The Bertz CT molecular complexity index is 768. The van der Waals surface area contributed by atoms with Crippen LogP contribution < -0.4 is 4.74 Å². The Hall–Kier alpha value is -1.59. The molecule has 3 rings (SSSR count). The van der Waals surface area contributed by atoms with E-state index in [0.717, 1.165) is 25.7 Å². The summed E-state index contributed by atoms with van der Waals surface area (Å²) in [4.78, 5) is 17.3. The van der Waals surface area contributed by atoms with Crippen molar-refractivity contribution < 1.29 is 9.53 Å². The molecule has 0 saturated heterocycles. The molecule has 0 N–H and O–H groups in total. The quantitative estimate of drug-likeness (QED) is 0.721. The van der Waals surface area contributed by atoms with E-state index in [0.29, 0.717) is 34.0 Å². The zero-order chi connectivity index (χ0) is 18.0. The molecule has 1 aliphatic rings. The van der Waals surface area contributed by atoms with Crippen LogP contribution in [-0.4, -0.2) is 27.3 Å². The number of carbonyl (C=O) groups excluding carboxylic acids is 1. The Kier molecular flexibility index (Phi) is 5.64. The van der Waals surface area contributed by atoms with Crippen molar-refractivity contribution in [2.24, 2.45) is 11.8 Å². The molecular formula is C18H21Cl2N3O2. The van der Waals surface area contributed by atoms with E-state index in [4.69, 9.17) is 27.9 Å². The Labute approximate surface area is 157 Å². The lowest BCUT2D eigenvalue weighted by atomic mass is 10.1. The van der Waals surface area contributed by atoms with Gasteiger partial charge in [-0.1, -0.05) is 49.9 Å². The first-order valence-corrected chi connectivity index (χ1v) is 9.31. The van der Waals surface area contributed by atoms with Gasteiger partial charge in [0.2, 0.25) is 0 Å². The zero-order valence-electron chi connectivity index (χ0n) is 14.3. The predicted molar refractivity (Wildman–Crippen MR) is 98.4 cm³/mol. The van der Waals surface area contributed by atoms with Gasteiger partial charge in [-0.05, 0) is 37.0 Å². The summed E-state index contributed by atoms with van der Waals surface area (Å²) >= 11 is 12.3. The first-order chi connectivity index (χ1) is 12.0. The lowest BCUT2D eigenvalue weighted by Crippen LogP contribution is -2.21. The third kappa shape index (κ3) is 4.15. The number of hydrogen-bond donors (Lipinski definition) is 0. The van der Waals surface area contributed by atoms with Gasteiger partial charge in [-0.25, -0.2) is 0 Å². The molecule has 1 aromatic heterocycles. The van der Waals surface area contributed by atoms with Crippen molar-refractivity contribution in [3.63, 3.8) is 0 Å². The van der Waals surface area contributed by atoms with Gasteiger partial charge < -0.3 is 4.74 Å². The van der Waals surface area contributed by atoms with Crippen molar-refractivity contribution in [1.29, 1.82) is 0 Å². The average molecular weight is 382 g/mol. The number of halogens is 2. The summed E-state index contributed by atoms with van der Waals surface area (Å²) in [6.07, 6.45) is 3.90. The van der Waals surface area contributed by atoms with E-state index in [1.165, 1.54) is 4.68 Å². The van der Waals surface area contributed by atoms with Crippen molar-refractivity contribution in [3.8, 4) is 17.4 Å². The van der Waals surface area contributed by atoms with E-state index < -0.39 is 0 Å². The van der Waals surface area contributed by atoms with Crippen LogP contribution in [0.2, 0.25) is 10.0 Å². The van der Waals surface area contributed by atoms with Crippen LogP contribution in [-0.2, 0) is 0 Å². The highest BCUT2D eigenvalue weighted by atomic mass is 35.5. The normalized spacial score (nSPS) is 15.1. The van der Waals surface area contributed by atoms with Crippen LogP contribution in [0.1, 0.15) is 44.3 Å². The Morgan fingerprint density at radius 2 is 2.04 bits per heavy atom. The topological polar surface area (TPSA) is 57.0 Å². The van der Waals surface area contributed by atoms with E-state index in [9.17, 15) is 4.79 Å². The summed E-state index contributed by atoms with van der Waals surface area (Å²) in [5, 5.41) is 5.26. The number of rotatable bonds is 5. The van der Waals surface area contributed by atoms with E-state index in [2.05, 4.69) is 10.1 Å². The van der Waals surface area contributed by atoms with Gasteiger partial charge in [-0.3, -0.25) is 4.79 Å². The van der Waals surface area contributed by atoms with Gasteiger partial charge in [0.15, 0.2) is 5.82 Å². The van der Waals surface area contributed by atoms with E-state index in [1.807, 2.05) is 13.8 Å². The second-order valence-corrected chi connectivity index (χ2v) is 7.62. The molecule has 25 heavy (non-hydrogen) atoms. The number of ether oxygens (including phenoxy) is 1. The first-order valence-electron chi connectivity index (χ1n) is 8.55. The lowest BCUT2D eigenvalue weighted by molar-refractivity contribution is 0.0820. The summed E-state index contributed by atoms with van der Waals surface area (Å²) in [5.74, 6) is 0.660. The van der Waals surface area contributed by atoms with E-state index in [-0.39, 0.29) is 17.8 Å². The smallest absolute Gasteiger partial charge is 0.336 e. The van der Waals surface area contributed by atoms with Crippen LogP contribution in [0.4, 0.5) is 0 Å². The monoisotopic (exact) mass is 381 g/mol. The summed E-state index contributed by atoms with van der Waals surface area (Å²) in [6.45, 7) is 4.56. The first kappa shape index (κ1) is 18.2. The summed E-state index contributed by atoms with van der Waals surface area (Å²) < 4.78 is 6.97. The highest BCUT2D eigenvalue weighted by Crippen LogP contribution is 2.32. The Balaban J connectivity index is 2.00. The maximum Gasteiger partial charge on any atom is 0.336 e. The van der Waals surface area contributed by atoms with Crippen LogP contribution >= 0.6 is 23.2 Å².